The van der Waals surface area contributed by atoms with E-state index >= 15 is 0 Å². The van der Waals surface area contributed by atoms with E-state index in [9.17, 15) is 22.4 Å². The van der Waals surface area contributed by atoms with Crippen LogP contribution in [0, 0.1) is 5.82 Å². The molecule has 0 unspecified atom stereocenters. The SMILES string of the molecule is C[C@@H](OC(=O)CNS(=O)(=O)c1ccccc1F)C(=O)c1c[nH]c2ccccc12. The molecule has 1 aromatic heterocycles. The average molecular weight is 404 g/mol. The summed E-state index contributed by atoms with van der Waals surface area (Å²) in [5.41, 5.74) is 1.13. The molecule has 2 aromatic carbocycles. The molecule has 1 heterocycles. The predicted molar refractivity (Wildman–Crippen MR) is 99.8 cm³/mol. The van der Waals surface area contributed by atoms with E-state index in [-0.39, 0.29) is 0 Å². The Balaban J connectivity index is 1.63. The number of hydrogen-bond donors (Lipinski definition) is 2. The molecule has 146 valence electrons. The zero-order valence-corrected chi connectivity index (χ0v) is 15.6. The van der Waals surface area contributed by atoms with Crippen molar-refractivity contribution in [2.45, 2.75) is 17.9 Å². The number of aromatic amines is 1. The Morgan fingerprint density at radius 2 is 1.82 bits per heavy atom. The molecule has 3 rings (SSSR count). The van der Waals surface area contributed by atoms with E-state index in [1.807, 2.05) is 10.8 Å². The van der Waals surface area contributed by atoms with Crippen molar-refractivity contribution in [3.05, 3.63) is 66.1 Å². The van der Waals surface area contributed by atoms with Gasteiger partial charge in [-0.3, -0.25) is 9.59 Å². The van der Waals surface area contributed by atoms with Crippen LogP contribution in [0.3, 0.4) is 0 Å². The number of ketones is 1. The number of aromatic nitrogens is 1. The van der Waals surface area contributed by atoms with Crippen molar-refractivity contribution in [1.82, 2.24) is 9.71 Å². The Hall–Kier alpha value is -3.04. The molecule has 0 bridgehead atoms. The van der Waals surface area contributed by atoms with E-state index in [1.54, 1.807) is 18.2 Å². The van der Waals surface area contributed by atoms with Crippen LogP contribution in [-0.4, -0.2) is 37.8 Å². The highest BCUT2D eigenvalue weighted by Gasteiger charge is 2.24. The lowest BCUT2D eigenvalue weighted by molar-refractivity contribution is -0.144. The fraction of sp³-hybridized carbons (Fsp3) is 0.158. The third kappa shape index (κ3) is 4.10. The van der Waals surface area contributed by atoms with Crippen LogP contribution in [0.15, 0.2) is 59.6 Å². The number of halogens is 1. The third-order valence-corrected chi connectivity index (χ3v) is 5.50. The summed E-state index contributed by atoms with van der Waals surface area (Å²) in [6.45, 7) is 0.662. The van der Waals surface area contributed by atoms with Crippen molar-refractivity contribution in [2.75, 3.05) is 6.54 Å². The van der Waals surface area contributed by atoms with Gasteiger partial charge >= 0.3 is 5.97 Å². The number of fused-ring (bicyclic) bond motifs is 1. The van der Waals surface area contributed by atoms with Gasteiger partial charge in [0.05, 0.1) is 0 Å². The van der Waals surface area contributed by atoms with Gasteiger partial charge in [-0.15, -0.1) is 0 Å². The highest BCUT2D eigenvalue weighted by atomic mass is 32.2. The summed E-state index contributed by atoms with van der Waals surface area (Å²) < 4.78 is 44.8. The second kappa shape index (κ2) is 7.91. The van der Waals surface area contributed by atoms with E-state index in [1.165, 1.54) is 25.3 Å². The smallest absolute Gasteiger partial charge is 0.321 e. The van der Waals surface area contributed by atoms with Crippen molar-refractivity contribution in [3.8, 4) is 0 Å². The summed E-state index contributed by atoms with van der Waals surface area (Å²) in [4.78, 5) is 26.9. The van der Waals surface area contributed by atoms with Gasteiger partial charge in [0, 0.05) is 22.7 Å². The molecule has 7 nitrogen and oxygen atoms in total. The first-order valence-corrected chi connectivity index (χ1v) is 9.82. The molecule has 9 heteroatoms. The molecule has 0 aliphatic heterocycles. The van der Waals surface area contributed by atoms with Crippen molar-refractivity contribution in [3.63, 3.8) is 0 Å². The first-order chi connectivity index (χ1) is 13.3. The zero-order chi connectivity index (χ0) is 20.3. The summed E-state index contributed by atoms with van der Waals surface area (Å²) in [7, 11) is -4.23. The molecule has 1 atom stereocenters. The number of Topliss-reactive ketones (excluding diaryl/α,β-unsaturated/α-hetero) is 1. The number of sulfonamides is 1. The molecule has 0 aliphatic rings. The maximum atomic E-state index is 13.6. The van der Waals surface area contributed by atoms with Crippen LogP contribution in [-0.2, 0) is 19.6 Å². The minimum atomic E-state index is -4.23. The number of esters is 1. The molecule has 3 aromatic rings. The number of ether oxygens (including phenoxy) is 1. The van der Waals surface area contributed by atoms with E-state index in [4.69, 9.17) is 4.74 Å². The third-order valence-electron chi connectivity index (χ3n) is 4.06. The molecular weight excluding hydrogens is 387 g/mol. The first kappa shape index (κ1) is 19.7. The number of hydrogen-bond acceptors (Lipinski definition) is 5. The number of rotatable bonds is 7. The summed E-state index contributed by atoms with van der Waals surface area (Å²) in [5, 5.41) is 0.690. The minimum absolute atomic E-state index is 0.364. The summed E-state index contributed by atoms with van der Waals surface area (Å²) in [6, 6.07) is 11.9. The van der Waals surface area contributed by atoms with Gasteiger partial charge in [0.1, 0.15) is 17.3 Å². The highest BCUT2D eigenvalue weighted by molar-refractivity contribution is 7.89. The molecule has 28 heavy (non-hydrogen) atoms. The second-order valence-corrected chi connectivity index (χ2v) is 7.73. The van der Waals surface area contributed by atoms with Crippen molar-refractivity contribution >= 4 is 32.7 Å². The van der Waals surface area contributed by atoms with Crippen LogP contribution in [0.1, 0.15) is 17.3 Å². The monoisotopic (exact) mass is 404 g/mol. The molecule has 2 N–H and O–H groups in total. The maximum Gasteiger partial charge on any atom is 0.321 e. The van der Waals surface area contributed by atoms with Crippen molar-refractivity contribution < 1.29 is 27.1 Å². The van der Waals surface area contributed by atoms with E-state index in [2.05, 4.69) is 4.98 Å². The Labute approximate surface area is 160 Å². The van der Waals surface area contributed by atoms with Crippen LogP contribution in [0.4, 0.5) is 4.39 Å². The van der Waals surface area contributed by atoms with Crippen LogP contribution in [0.25, 0.3) is 10.9 Å². The van der Waals surface area contributed by atoms with E-state index in [0.29, 0.717) is 10.9 Å². The van der Waals surface area contributed by atoms with Gasteiger partial charge in [-0.05, 0) is 25.1 Å². The summed E-state index contributed by atoms with van der Waals surface area (Å²) in [6.07, 6.45) is 0.405. The van der Waals surface area contributed by atoms with E-state index in [0.717, 1.165) is 17.6 Å². The van der Waals surface area contributed by atoms with Gasteiger partial charge in [-0.2, -0.15) is 4.72 Å². The number of carbonyl (C=O) groups excluding carboxylic acids is 2. The quantitative estimate of drug-likeness (QED) is 0.465. The number of carbonyl (C=O) groups is 2. The van der Waals surface area contributed by atoms with Crippen LogP contribution in [0.2, 0.25) is 0 Å². The van der Waals surface area contributed by atoms with Gasteiger partial charge in [-0.25, -0.2) is 12.8 Å². The molecule has 0 saturated carbocycles. The zero-order valence-electron chi connectivity index (χ0n) is 14.8. The maximum absolute atomic E-state index is 13.6. The first-order valence-electron chi connectivity index (χ1n) is 8.33. The standard InChI is InChI=1S/C19H17FN2O5S/c1-12(19(24)14-10-21-16-8-4-2-6-13(14)16)27-18(23)11-22-28(25,26)17-9-5-3-7-15(17)20/h2-10,12,21-22H,11H2,1H3/t12-/m1/s1. The predicted octanol–water partition coefficient (Wildman–Crippen LogP) is 2.40. The topological polar surface area (TPSA) is 105 Å². The second-order valence-electron chi connectivity index (χ2n) is 6.00. The van der Waals surface area contributed by atoms with Gasteiger partial charge < -0.3 is 9.72 Å². The Morgan fingerprint density at radius 1 is 1.14 bits per heavy atom. The van der Waals surface area contributed by atoms with E-state index < -0.39 is 45.1 Å². The molecule has 0 radical (unpaired) electrons. The van der Waals surface area contributed by atoms with Gasteiger partial charge in [-0.1, -0.05) is 30.3 Å². The van der Waals surface area contributed by atoms with Gasteiger partial charge in [0.25, 0.3) is 0 Å². The molecule has 0 spiro atoms. The Morgan fingerprint density at radius 3 is 2.57 bits per heavy atom. The van der Waals surface area contributed by atoms with Gasteiger partial charge in [0.15, 0.2) is 6.10 Å². The minimum Gasteiger partial charge on any atom is -0.453 e. The molecule has 0 aliphatic carbocycles. The van der Waals surface area contributed by atoms with Crippen LogP contribution >= 0.6 is 0 Å². The van der Waals surface area contributed by atoms with Crippen molar-refractivity contribution in [2.24, 2.45) is 0 Å². The molecule has 0 saturated heterocycles. The van der Waals surface area contributed by atoms with Crippen LogP contribution < -0.4 is 4.72 Å². The van der Waals surface area contributed by atoms with Gasteiger partial charge in [0.2, 0.25) is 15.8 Å². The number of benzene rings is 2. The summed E-state index contributed by atoms with van der Waals surface area (Å²) in [5.74, 6) is -2.32. The number of para-hydroxylation sites is 1. The fourth-order valence-electron chi connectivity index (χ4n) is 2.68. The summed E-state index contributed by atoms with van der Waals surface area (Å²) >= 11 is 0. The van der Waals surface area contributed by atoms with Crippen molar-refractivity contribution in [1.29, 1.82) is 0 Å². The lowest BCUT2D eigenvalue weighted by Gasteiger charge is -2.13. The Bertz CT molecular complexity index is 1140. The average Bonchev–Trinajstić information content (AvgIpc) is 3.10. The molecular formula is C19H17FN2O5S. The highest BCUT2D eigenvalue weighted by Crippen LogP contribution is 2.20. The number of H-pyrrole nitrogens is 1. The largest absolute Gasteiger partial charge is 0.453 e. The Kier molecular flexibility index (Phi) is 5.57. The lowest BCUT2D eigenvalue weighted by atomic mass is 10.1. The number of nitrogens with one attached hydrogen (secondary N) is 2. The molecule has 0 amide bonds. The normalized spacial score (nSPS) is 12.6. The lowest BCUT2D eigenvalue weighted by Crippen LogP contribution is -2.34. The molecule has 0 fully saturated rings. The fourth-order valence-corrected chi connectivity index (χ4v) is 3.73. The van der Waals surface area contributed by atoms with Crippen LogP contribution in [0.5, 0.6) is 0 Å².